The summed E-state index contributed by atoms with van der Waals surface area (Å²) < 4.78 is 32.1. The molecule has 0 saturated carbocycles. The lowest BCUT2D eigenvalue weighted by Crippen LogP contribution is -2.18. The number of aryl methyl sites for hydroxylation is 2. The first kappa shape index (κ1) is 15.5. The number of rotatable bonds is 4. The van der Waals surface area contributed by atoms with E-state index in [2.05, 4.69) is 14.4 Å². The number of aromatic nitrogens is 1. The second-order valence-corrected chi connectivity index (χ2v) is 6.84. The summed E-state index contributed by atoms with van der Waals surface area (Å²) in [5, 5.41) is 1.60. The molecule has 2 aromatic heterocycles. The van der Waals surface area contributed by atoms with Crippen LogP contribution in [-0.2, 0) is 14.8 Å². The van der Waals surface area contributed by atoms with Crippen LogP contribution in [0, 0.1) is 13.8 Å². The van der Waals surface area contributed by atoms with Crippen LogP contribution in [0.1, 0.15) is 20.8 Å². The van der Waals surface area contributed by atoms with Crippen LogP contribution in [0.3, 0.4) is 0 Å². The highest BCUT2D eigenvalue weighted by Gasteiger charge is 2.28. The molecule has 6 nitrogen and oxygen atoms in total. The predicted molar refractivity (Wildman–Crippen MR) is 80.2 cm³/mol. The van der Waals surface area contributed by atoms with Crippen molar-refractivity contribution in [2.45, 2.75) is 18.7 Å². The van der Waals surface area contributed by atoms with Gasteiger partial charge in [-0.2, -0.15) is 0 Å². The van der Waals surface area contributed by atoms with E-state index in [1.165, 1.54) is 13.3 Å². The SMILES string of the molecule is COC(=O)c1scc(C)c1S(=O)(=O)Nc1ncccc1C. The third-order valence-corrected chi connectivity index (χ3v) is 5.53. The fraction of sp³-hybridized carbons (Fsp3) is 0.231. The number of carbonyl (C=O) groups excluding carboxylic acids is 1. The minimum Gasteiger partial charge on any atom is -0.465 e. The summed E-state index contributed by atoms with van der Waals surface area (Å²) in [7, 11) is -2.70. The molecule has 0 fully saturated rings. The molecule has 0 aromatic carbocycles. The van der Waals surface area contributed by atoms with Gasteiger partial charge in [0.05, 0.1) is 7.11 Å². The smallest absolute Gasteiger partial charge is 0.349 e. The Bertz CT molecular complexity index is 781. The Morgan fingerprint density at radius 3 is 2.67 bits per heavy atom. The van der Waals surface area contributed by atoms with Gasteiger partial charge in [-0.25, -0.2) is 18.2 Å². The van der Waals surface area contributed by atoms with E-state index in [4.69, 9.17) is 0 Å². The molecule has 1 N–H and O–H groups in total. The summed E-state index contributed by atoms with van der Waals surface area (Å²) in [5.41, 5.74) is 1.18. The molecule has 21 heavy (non-hydrogen) atoms. The van der Waals surface area contributed by atoms with E-state index in [9.17, 15) is 13.2 Å². The monoisotopic (exact) mass is 326 g/mol. The molecule has 0 atom stereocenters. The van der Waals surface area contributed by atoms with E-state index < -0.39 is 16.0 Å². The Morgan fingerprint density at radius 1 is 1.33 bits per heavy atom. The molecule has 0 amide bonds. The van der Waals surface area contributed by atoms with Gasteiger partial charge < -0.3 is 4.74 Å². The van der Waals surface area contributed by atoms with Crippen LogP contribution in [0.4, 0.5) is 5.82 Å². The van der Waals surface area contributed by atoms with Crippen LogP contribution < -0.4 is 4.72 Å². The highest BCUT2D eigenvalue weighted by molar-refractivity contribution is 7.93. The summed E-state index contributed by atoms with van der Waals surface area (Å²) in [6.45, 7) is 3.37. The van der Waals surface area contributed by atoms with Crippen molar-refractivity contribution in [2.75, 3.05) is 11.8 Å². The van der Waals surface area contributed by atoms with E-state index in [0.29, 0.717) is 11.1 Å². The zero-order valence-electron chi connectivity index (χ0n) is 11.7. The molecular formula is C13H14N2O4S2. The average Bonchev–Trinajstić information content (AvgIpc) is 2.83. The topological polar surface area (TPSA) is 85.4 Å². The van der Waals surface area contributed by atoms with Gasteiger partial charge in [0.25, 0.3) is 10.0 Å². The summed E-state index contributed by atoms with van der Waals surface area (Å²) in [6.07, 6.45) is 1.49. The lowest BCUT2D eigenvalue weighted by Gasteiger charge is -2.10. The normalized spacial score (nSPS) is 11.2. The number of pyridine rings is 1. The maximum Gasteiger partial charge on any atom is 0.349 e. The summed E-state index contributed by atoms with van der Waals surface area (Å²) in [6, 6.07) is 3.45. The molecule has 0 spiro atoms. The minimum absolute atomic E-state index is 0.0519. The summed E-state index contributed by atoms with van der Waals surface area (Å²) in [4.78, 5) is 15.7. The van der Waals surface area contributed by atoms with Gasteiger partial charge in [0, 0.05) is 6.20 Å². The summed E-state index contributed by atoms with van der Waals surface area (Å²) >= 11 is 1.04. The number of sulfonamides is 1. The Balaban J connectivity index is 2.48. The molecule has 2 aromatic rings. The fourth-order valence-electron chi connectivity index (χ4n) is 1.77. The lowest BCUT2D eigenvalue weighted by molar-refractivity contribution is 0.0602. The van der Waals surface area contributed by atoms with E-state index in [1.54, 1.807) is 31.4 Å². The highest BCUT2D eigenvalue weighted by atomic mass is 32.2. The maximum atomic E-state index is 12.5. The van der Waals surface area contributed by atoms with Gasteiger partial charge in [0.2, 0.25) is 0 Å². The molecule has 0 unspecified atom stereocenters. The van der Waals surface area contributed by atoms with Crippen LogP contribution in [0.25, 0.3) is 0 Å². The van der Waals surface area contributed by atoms with Crippen molar-refractivity contribution >= 4 is 33.1 Å². The lowest BCUT2D eigenvalue weighted by atomic mass is 10.3. The van der Waals surface area contributed by atoms with E-state index in [-0.39, 0.29) is 15.6 Å². The molecule has 8 heteroatoms. The number of hydrogen-bond donors (Lipinski definition) is 1. The molecule has 2 heterocycles. The number of ether oxygens (including phenoxy) is 1. The number of nitrogens with one attached hydrogen (secondary N) is 1. The third-order valence-electron chi connectivity index (χ3n) is 2.80. The van der Waals surface area contributed by atoms with Crippen LogP contribution in [-0.4, -0.2) is 26.5 Å². The van der Waals surface area contributed by atoms with Crippen molar-refractivity contribution in [3.63, 3.8) is 0 Å². The zero-order chi connectivity index (χ0) is 15.6. The van der Waals surface area contributed by atoms with Gasteiger partial charge in [-0.1, -0.05) is 6.07 Å². The van der Waals surface area contributed by atoms with E-state index in [0.717, 1.165) is 11.3 Å². The Morgan fingerprint density at radius 2 is 2.05 bits per heavy atom. The molecule has 112 valence electrons. The average molecular weight is 326 g/mol. The molecular weight excluding hydrogens is 312 g/mol. The molecule has 0 saturated heterocycles. The summed E-state index contributed by atoms with van der Waals surface area (Å²) in [5.74, 6) is -0.440. The van der Waals surface area contributed by atoms with Gasteiger partial charge in [0.15, 0.2) is 0 Å². The van der Waals surface area contributed by atoms with Crippen molar-refractivity contribution in [3.05, 3.63) is 39.7 Å². The number of nitrogens with zero attached hydrogens (tertiary/aromatic N) is 1. The van der Waals surface area contributed by atoms with Crippen LogP contribution >= 0.6 is 11.3 Å². The van der Waals surface area contributed by atoms with Crippen molar-refractivity contribution in [3.8, 4) is 0 Å². The first-order valence-electron chi connectivity index (χ1n) is 5.97. The molecule has 0 radical (unpaired) electrons. The van der Waals surface area contributed by atoms with Crippen LogP contribution in [0.15, 0.2) is 28.6 Å². The third kappa shape index (κ3) is 3.06. The van der Waals surface area contributed by atoms with E-state index >= 15 is 0 Å². The Labute approximate surface area is 126 Å². The highest BCUT2D eigenvalue weighted by Crippen LogP contribution is 2.29. The zero-order valence-corrected chi connectivity index (χ0v) is 13.3. The van der Waals surface area contributed by atoms with Gasteiger partial charge in [-0.05, 0) is 36.4 Å². The number of thiophene rings is 1. The first-order valence-corrected chi connectivity index (χ1v) is 8.34. The number of esters is 1. The maximum absolute atomic E-state index is 12.5. The minimum atomic E-state index is -3.91. The largest absolute Gasteiger partial charge is 0.465 e. The Kier molecular flexibility index (Phi) is 4.29. The van der Waals surface area contributed by atoms with Gasteiger partial charge >= 0.3 is 5.97 Å². The first-order chi connectivity index (χ1) is 9.86. The number of methoxy groups -OCH3 is 1. The van der Waals surface area contributed by atoms with Crippen LogP contribution in [0.2, 0.25) is 0 Å². The number of anilines is 1. The molecule has 0 bridgehead atoms. The predicted octanol–water partition coefficient (Wildman–Crippen LogP) is 2.35. The number of carbonyl (C=O) groups is 1. The van der Waals surface area contributed by atoms with Crippen molar-refractivity contribution in [2.24, 2.45) is 0 Å². The van der Waals surface area contributed by atoms with Crippen molar-refractivity contribution < 1.29 is 17.9 Å². The van der Waals surface area contributed by atoms with Crippen molar-refractivity contribution in [1.82, 2.24) is 4.98 Å². The molecule has 2 rings (SSSR count). The van der Waals surface area contributed by atoms with Gasteiger partial charge in [-0.3, -0.25) is 4.72 Å². The van der Waals surface area contributed by atoms with Crippen LogP contribution in [0.5, 0.6) is 0 Å². The van der Waals surface area contributed by atoms with Crippen molar-refractivity contribution in [1.29, 1.82) is 0 Å². The van der Waals surface area contributed by atoms with Gasteiger partial charge in [0.1, 0.15) is 15.6 Å². The second kappa shape index (κ2) is 5.82. The molecule has 0 aliphatic carbocycles. The standard InChI is InChI=1S/C13H14N2O4S2/c1-8-5-4-6-14-12(8)15-21(17,18)11-9(2)7-20-10(11)13(16)19-3/h4-7H,1-3H3,(H,14,15). The fourth-order valence-corrected chi connectivity index (χ4v) is 4.56. The molecule has 0 aliphatic heterocycles. The van der Waals surface area contributed by atoms with E-state index in [1.807, 2.05) is 0 Å². The second-order valence-electron chi connectivity index (χ2n) is 4.34. The quantitative estimate of drug-likeness (QED) is 0.872. The Hall–Kier alpha value is -1.93. The number of hydrogen-bond acceptors (Lipinski definition) is 6. The van der Waals surface area contributed by atoms with Gasteiger partial charge in [-0.15, -0.1) is 11.3 Å². The molecule has 0 aliphatic rings.